The lowest BCUT2D eigenvalue weighted by atomic mass is 10.1. The molecule has 2 N–H and O–H groups in total. The number of carbonyl (C=O) groups is 2. The number of carbonyl (C=O) groups excluding carboxylic acids is 2. The molecule has 2 amide bonds. The maximum atomic E-state index is 12.2. The van der Waals surface area contributed by atoms with Gasteiger partial charge in [0.15, 0.2) is 0 Å². The first-order chi connectivity index (χ1) is 9.61. The molecule has 0 aliphatic carbocycles. The standard InChI is InChI=1S/C14H23N3O3.ClH/c1-2-6-17-9-5-15-12(14(17)20)10-13(19)16-7-3-11(18)4-8-16;/h2,11-12,15,18H,1,3-10H2;1H. The molecular formula is C14H24ClN3O3. The van der Waals surface area contributed by atoms with Gasteiger partial charge in [-0.2, -0.15) is 0 Å². The molecule has 7 heteroatoms. The van der Waals surface area contributed by atoms with Crippen LogP contribution >= 0.6 is 12.4 Å². The summed E-state index contributed by atoms with van der Waals surface area (Å²) in [5, 5.41) is 12.6. The lowest BCUT2D eigenvalue weighted by Gasteiger charge is -2.34. The van der Waals surface area contributed by atoms with Gasteiger partial charge in [0.2, 0.25) is 11.8 Å². The number of piperidine rings is 1. The number of nitrogens with zero attached hydrogens (tertiary/aromatic N) is 2. The lowest BCUT2D eigenvalue weighted by molar-refractivity contribution is -0.141. The van der Waals surface area contributed by atoms with Crippen LogP contribution in [0.4, 0.5) is 0 Å². The third-order valence-electron chi connectivity index (χ3n) is 3.93. The number of amides is 2. The van der Waals surface area contributed by atoms with Crippen molar-refractivity contribution in [3.05, 3.63) is 12.7 Å². The molecule has 1 unspecified atom stereocenters. The molecular weight excluding hydrogens is 294 g/mol. The minimum Gasteiger partial charge on any atom is -0.393 e. The summed E-state index contributed by atoms with van der Waals surface area (Å²) in [6.07, 6.45) is 2.86. The van der Waals surface area contributed by atoms with Gasteiger partial charge in [-0.05, 0) is 12.8 Å². The van der Waals surface area contributed by atoms with Crippen molar-refractivity contribution in [2.24, 2.45) is 0 Å². The van der Waals surface area contributed by atoms with Crippen molar-refractivity contribution >= 4 is 24.2 Å². The molecule has 2 fully saturated rings. The van der Waals surface area contributed by atoms with E-state index in [4.69, 9.17) is 0 Å². The van der Waals surface area contributed by atoms with Crippen molar-refractivity contribution in [2.75, 3.05) is 32.7 Å². The van der Waals surface area contributed by atoms with Crippen molar-refractivity contribution in [2.45, 2.75) is 31.4 Å². The molecule has 2 heterocycles. The number of rotatable bonds is 4. The highest BCUT2D eigenvalue weighted by atomic mass is 35.5. The van der Waals surface area contributed by atoms with Gasteiger partial charge in [0, 0.05) is 32.7 Å². The Kier molecular flexibility index (Phi) is 7.14. The highest BCUT2D eigenvalue weighted by molar-refractivity contribution is 5.89. The van der Waals surface area contributed by atoms with E-state index in [-0.39, 0.29) is 36.7 Å². The van der Waals surface area contributed by atoms with E-state index < -0.39 is 6.04 Å². The molecule has 0 aromatic heterocycles. The Morgan fingerprint density at radius 3 is 2.67 bits per heavy atom. The van der Waals surface area contributed by atoms with Crippen LogP contribution in [0.3, 0.4) is 0 Å². The fraction of sp³-hybridized carbons (Fsp3) is 0.714. The lowest BCUT2D eigenvalue weighted by Crippen LogP contribution is -2.56. The Morgan fingerprint density at radius 2 is 2.05 bits per heavy atom. The molecule has 1 atom stereocenters. The van der Waals surface area contributed by atoms with Crippen LogP contribution in [0.15, 0.2) is 12.7 Å². The topological polar surface area (TPSA) is 72.9 Å². The molecule has 2 saturated heterocycles. The number of hydrogen-bond acceptors (Lipinski definition) is 4. The quantitative estimate of drug-likeness (QED) is 0.703. The molecule has 2 rings (SSSR count). The second-order valence-corrected chi connectivity index (χ2v) is 5.40. The highest BCUT2D eigenvalue weighted by Gasteiger charge is 2.31. The Balaban J connectivity index is 0.00000220. The minimum absolute atomic E-state index is 0. The fourth-order valence-corrected chi connectivity index (χ4v) is 2.71. The third kappa shape index (κ3) is 4.69. The van der Waals surface area contributed by atoms with E-state index in [9.17, 15) is 14.7 Å². The second-order valence-electron chi connectivity index (χ2n) is 5.40. The number of aliphatic hydroxyl groups excluding tert-OH is 1. The van der Waals surface area contributed by atoms with Gasteiger partial charge in [-0.25, -0.2) is 0 Å². The summed E-state index contributed by atoms with van der Waals surface area (Å²) in [7, 11) is 0. The van der Waals surface area contributed by atoms with Gasteiger partial charge in [-0.1, -0.05) is 6.08 Å². The predicted octanol–water partition coefficient (Wildman–Crippen LogP) is -0.232. The van der Waals surface area contributed by atoms with E-state index >= 15 is 0 Å². The van der Waals surface area contributed by atoms with Crippen LogP contribution < -0.4 is 5.32 Å². The molecule has 21 heavy (non-hydrogen) atoms. The smallest absolute Gasteiger partial charge is 0.240 e. The average molecular weight is 318 g/mol. The first kappa shape index (κ1) is 17.9. The largest absolute Gasteiger partial charge is 0.393 e. The van der Waals surface area contributed by atoms with E-state index in [1.807, 2.05) is 0 Å². The first-order valence-electron chi connectivity index (χ1n) is 7.20. The summed E-state index contributed by atoms with van der Waals surface area (Å²) in [4.78, 5) is 27.9. The summed E-state index contributed by atoms with van der Waals surface area (Å²) in [6, 6.07) is -0.428. The summed E-state index contributed by atoms with van der Waals surface area (Å²) < 4.78 is 0. The Hall–Kier alpha value is -1.11. The van der Waals surface area contributed by atoms with Gasteiger partial charge in [0.25, 0.3) is 0 Å². The van der Waals surface area contributed by atoms with E-state index in [1.54, 1.807) is 15.9 Å². The maximum Gasteiger partial charge on any atom is 0.240 e. The van der Waals surface area contributed by atoms with Crippen molar-refractivity contribution in [1.29, 1.82) is 0 Å². The monoisotopic (exact) mass is 317 g/mol. The van der Waals surface area contributed by atoms with Crippen molar-refractivity contribution in [1.82, 2.24) is 15.1 Å². The van der Waals surface area contributed by atoms with Crippen molar-refractivity contribution in [3.63, 3.8) is 0 Å². The van der Waals surface area contributed by atoms with Gasteiger partial charge in [-0.3, -0.25) is 9.59 Å². The number of halogens is 1. The number of likely N-dealkylation sites (tertiary alicyclic amines) is 1. The zero-order valence-corrected chi connectivity index (χ0v) is 13.0. The van der Waals surface area contributed by atoms with Crippen molar-refractivity contribution in [3.8, 4) is 0 Å². The Labute approximate surface area is 131 Å². The van der Waals surface area contributed by atoms with Crippen LogP contribution in [0.2, 0.25) is 0 Å². The molecule has 2 aliphatic rings. The minimum atomic E-state index is -0.428. The Morgan fingerprint density at radius 1 is 1.38 bits per heavy atom. The van der Waals surface area contributed by atoms with E-state index in [0.29, 0.717) is 45.6 Å². The van der Waals surface area contributed by atoms with Crippen LogP contribution in [0.1, 0.15) is 19.3 Å². The number of piperazine rings is 1. The van der Waals surface area contributed by atoms with Gasteiger partial charge >= 0.3 is 0 Å². The zero-order valence-electron chi connectivity index (χ0n) is 12.2. The molecule has 0 saturated carbocycles. The van der Waals surface area contributed by atoms with Gasteiger partial charge in [0.1, 0.15) is 0 Å². The SMILES string of the molecule is C=CCN1CCNC(CC(=O)N2CCC(O)CC2)C1=O.Cl. The molecule has 0 aromatic carbocycles. The normalized spacial score (nSPS) is 23.7. The summed E-state index contributed by atoms with van der Waals surface area (Å²) in [5.74, 6) is -0.0373. The van der Waals surface area contributed by atoms with Crippen LogP contribution in [-0.2, 0) is 9.59 Å². The molecule has 0 radical (unpaired) electrons. The molecule has 0 aromatic rings. The predicted molar refractivity (Wildman–Crippen MR) is 82.3 cm³/mol. The van der Waals surface area contributed by atoms with Gasteiger partial charge in [0.05, 0.1) is 18.6 Å². The second kappa shape index (κ2) is 8.36. The summed E-state index contributed by atoms with van der Waals surface area (Å²) in [5.41, 5.74) is 0. The van der Waals surface area contributed by atoms with Crippen LogP contribution in [-0.4, -0.2) is 71.6 Å². The average Bonchev–Trinajstić information content (AvgIpc) is 2.44. The van der Waals surface area contributed by atoms with E-state index in [1.165, 1.54) is 0 Å². The number of hydrogen-bond donors (Lipinski definition) is 2. The molecule has 120 valence electrons. The molecule has 2 aliphatic heterocycles. The third-order valence-corrected chi connectivity index (χ3v) is 3.93. The zero-order chi connectivity index (χ0) is 14.5. The first-order valence-corrected chi connectivity index (χ1v) is 7.20. The molecule has 6 nitrogen and oxygen atoms in total. The molecule has 0 bridgehead atoms. The van der Waals surface area contributed by atoms with Gasteiger partial charge in [-0.15, -0.1) is 19.0 Å². The number of nitrogens with one attached hydrogen (secondary N) is 1. The van der Waals surface area contributed by atoms with Crippen LogP contribution in [0, 0.1) is 0 Å². The summed E-state index contributed by atoms with van der Waals surface area (Å²) in [6.45, 7) is 6.70. The fourth-order valence-electron chi connectivity index (χ4n) is 2.71. The van der Waals surface area contributed by atoms with Crippen LogP contribution in [0.25, 0.3) is 0 Å². The van der Waals surface area contributed by atoms with E-state index in [0.717, 1.165) is 0 Å². The van der Waals surface area contributed by atoms with Crippen molar-refractivity contribution < 1.29 is 14.7 Å². The molecule has 0 spiro atoms. The summed E-state index contributed by atoms with van der Waals surface area (Å²) >= 11 is 0. The maximum absolute atomic E-state index is 12.2. The highest BCUT2D eigenvalue weighted by Crippen LogP contribution is 2.13. The number of aliphatic hydroxyl groups is 1. The van der Waals surface area contributed by atoms with E-state index in [2.05, 4.69) is 11.9 Å². The van der Waals surface area contributed by atoms with Crippen LogP contribution in [0.5, 0.6) is 0 Å². The Bertz CT molecular complexity index is 384. The van der Waals surface area contributed by atoms with Gasteiger partial charge < -0.3 is 20.2 Å².